The van der Waals surface area contributed by atoms with Gasteiger partial charge in [0.25, 0.3) is 11.7 Å². The summed E-state index contributed by atoms with van der Waals surface area (Å²) in [6.07, 6.45) is 5.44. The number of carbonyl (C=O) groups excluding carboxylic acids is 2. The summed E-state index contributed by atoms with van der Waals surface area (Å²) in [5.41, 5.74) is 0.949. The van der Waals surface area contributed by atoms with Crippen LogP contribution < -0.4 is 14.8 Å². The van der Waals surface area contributed by atoms with E-state index in [-0.39, 0.29) is 18.5 Å². The zero-order valence-electron chi connectivity index (χ0n) is 16.1. The van der Waals surface area contributed by atoms with Crippen LogP contribution in [0.4, 0.5) is 5.69 Å². The number of rotatable bonds is 5. The second-order valence-electron chi connectivity index (χ2n) is 8.06. The number of hydrogen-bond acceptors (Lipinski definition) is 5. The van der Waals surface area contributed by atoms with Crippen molar-refractivity contribution in [1.29, 1.82) is 0 Å². The molecule has 150 valence electrons. The fourth-order valence-electron chi connectivity index (χ4n) is 4.25. The largest absolute Gasteiger partial charge is 0.455 e. The molecule has 6 heteroatoms. The molecule has 1 spiro atoms. The molecule has 5 rings (SSSR count). The number of hydrogen-bond donors (Lipinski definition) is 1. The van der Waals surface area contributed by atoms with Crippen LogP contribution in [0.3, 0.4) is 0 Å². The monoisotopic (exact) mass is 393 g/mol. The Balaban J connectivity index is 1.18. The van der Waals surface area contributed by atoms with E-state index in [4.69, 9.17) is 14.2 Å². The molecule has 0 unspecified atom stereocenters. The fraction of sp³-hybridized carbons (Fsp3) is 0.391. The Bertz CT molecular complexity index is 945. The summed E-state index contributed by atoms with van der Waals surface area (Å²) in [5.74, 6) is 0.0956. The van der Waals surface area contributed by atoms with Crippen LogP contribution in [0.25, 0.3) is 0 Å². The Morgan fingerprint density at radius 1 is 0.931 bits per heavy atom. The van der Waals surface area contributed by atoms with Gasteiger partial charge in [-0.1, -0.05) is 30.3 Å². The van der Waals surface area contributed by atoms with Gasteiger partial charge in [0.2, 0.25) is 0 Å². The normalized spacial score (nSPS) is 19.7. The number of amides is 1. The molecular weight excluding hydrogens is 370 g/mol. The van der Waals surface area contributed by atoms with Crippen molar-refractivity contribution in [2.24, 2.45) is 0 Å². The van der Waals surface area contributed by atoms with Crippen LogP contribution in [0.2, 0.25) is 0 Å². The first-order chi connectivity index (χ1) is 14.1. The lowest BCUT2D eigenvalue weighted by molar-refractivity contribution is -0.150. The summed E-state index contributed by atoms with van der Waals surface area (Å²) in [5, 5.41) is 2.77. The lowest BCUT2D eigenvalue weighted by atomic mass is 9.96. The van der Waals surface area contributed by atoms with E-state index in [0.717, 1.165) is 44.1 Å². The summed E-state index contributed by atoms with van der Waals surface area (Å²) in [6, 6.07) is 14.9. The van der Waals surface area contributed by atoms with E-state index in [1.807, 2.05) is 30.3 Å². The van der Waals surface area contributed by atoms with Gasteiger partial charge in [-0.15, -0.1) is 0 Å². The van der Waals surface area contributed by atoms with Gasteiger partial charge < -0.3 is 19.5 Å². The third kappa shape index (κ3) is 3.33. The molecule has 0 atom stereocenters. The molecule has 1 amide bonds. The van der Waals surface area contributed by atoms with Gasteiger partial charge in [-0.25, -0.2) is 0 Å². The number of nitrogens with one attached hydrogen (secondary N) is 1. The van der Waals surface area contributed by atoms with Crippen molar-refractivity contribution in [3.63, 3.8) is 0 Å². The summed E-state index contributed by atoms with van der Waals surface area (Å²) >= 11 is 0. The third-order valence-electron chi connectivity index (χ3n) is 5.99. The molecule has 0 aromatic heterocycles. The molecule has 0 saturated heterocycles. The van der Waals surface area contributed by atoms with Crippen LogP contribution in [0.15, 0.2) is 48.5 Å². The Morgan fingerprint density at radius 3 is 2.38 bits per heavy atom. The van der Waals surface area contributed by atoms with E-state index in [1.54, 1.807) is 18.2 Å². The predicted molar refractivity (Wildman–Crippen MR) is 106 cm³/mol. The van der Waals surface area contributed by atoms with Gasteiger partial charge >= 0.3 is 5.97 Å². The predicted octanol–water partition coefficient (Wildman–Crippen LogP) is 3.94. The van der Waals surface area contributed by atoms with Gasteiger partial charge in [0.1, 0.15) is 0 Å². The van der Waals surface area contributed by atoms with Crippen LogP contribution in [0.5, 0.6) is 11.5 Å². The van der Waals surface area contributed by atoms with Crippen LogP contribution >= 0.6 is 0 Å². The highest BCUT2D eigenvalue weighted by Gasteiger charge is 2.52. The number of ether oxygens (including phenoxy) is 3. The maximum absolute atomic E-state index is 12.5. The molecule has 1 N–H and O–H groups in total. The highest BCUT2D eigenvalue weighted by Crippen LogP contribution is 2.49. The smallest absolute Gasteiger partial charge is 0.317 e. The van der Waals surface area contributed by atoms with Gasteiger partial charge in [0.05, 0.1) is 5.41 Å². The highest BCUT2D eigenvalue weighted by molar-refractivity contribution is 5.94. The summed E-state index contributed by atoms with van der Waals surface area (Å²) in [4.78, 5) is 24.8. The molecule has 2 aromatic rings. The molecule has 1 aliphatic heterocycles. The quantitative estimate of drug-likeness (QED) is 0.779. The average Bonchev–Trinajstić information content (AvgIpc) is 3.31. The minimum absolute atomic E-state index is 0.314. The minimum atomic E-state index is -0.587. The molecule has 29 heavy (non-hydrogen) atoms. The van der Waals surface area contributed by atoms with Crippen molar-refractivity contribution >= 4 is 17.6 Å². The third-order valence-corrected chi connectivity index (χ3v) is 5.99. The Kier molecular flexibility index (Phi) is 4.23. The number of benzene rings is 2. The second-order valence-corrected chi connectivity index (χ2v) is 8.06. The van der Waals surface area contributed by atoms with Crippen molar-refractivity contribution in [1.82, 2.24) is 0 Å². The first-order valence-corrected chi connectivity index (χ1v) is 10.1. The van der Waals surface area contributed by atoms with Crippen molar-refractivity contribution < 1.29 is 23.8 Å². The zero-order chi connectivity index (χ0) is 19.9. The lowest BCUT2D eigenvalue weighted by Crippen LogP contribution is -2.34. The molecule has 6 nitrogen and oxygen atoms in total. The molecule has 2 saturated carbocycles. The zero-order valence-corrected chi connectivity index (χ0v) is 16.1. The average molecular weight is 393 g/mol. The number of esters is 1. The maximum atomic E-state index is 12.5. The molecule has 1 heterocycles. The van der Waals surface area contributed by atoms with E-state index >= 15 is 0 Å². The summed E-state index contributed by atoms with van der Waals surface area (Å²) in [6.45, 7) is -0.314. The molecule has 3 aliphatic rings. The summed E-state index contributed by atoms with van der Waals surface area (Å²) < 4.78 is 17.3. The standard InChI is InChI=1S/C23H23NO5/c25-20(15-27-21(26)22(12-13-22)16-6-2-1-3-7-16)24-17-8-9-18-19(14-17)29-23(28-18)10-4-5-11-23/h1-3,6-9,14H,4-5,10-13,15H2,(H,24,25). The number of anilines is 1. The van der Waals surface area contributed by atoms with E-state index in [9.17, 15) is 9.59 Å². The number of carbonyl (C=O) groups is 2. The second kappa shape index (κ2) is 6.79. The fourth-order valence-corrected chi connectivity index (χ4v) is 4.25. The molecular formula is C23H23NO5. The van der Waals surface area contributed by atoms with Crippen LogP contribution in [-0.4, -0.2) is 24.3 Å². The lowest BCUT2D eigenvalue weighted by Gasteiger charge is -2.21. The van der Waals surface area contributed by atoms with Gasteiger partial charge in [0, 0.05) is 24.6 Å². The molecule has 2 fully saturated rings. The van der Waals surface area contributed by atoms with Crippen molar-refractivity contribution in [3.05, 3.63) is 54.1 Å². The van der Waals surface area contributed by atoms with E-state index in [2.05, 4.69) is 5.32 Å². The summed E-state index contributed by atoms with van der Waals surface area (Å²) in [7, 11) is 0. The van der Waals surface area contributed by atoms with Gasteiger partial charge in [-0.3, -0.25) is 9.59 Å². The first kappa shape index (κ1) is 18.0. The van der Waals surface area contributed by atoms with Crippen molar-refractivity contribution in [3.8, 4) is 11.5 Å². The van der Waals surface area contributed by atoms with E-state index in [1.165, 1.54) is 0 Å². The Hall–Kier alpha value is -3.02. The van der Waals surface area contributed by atoms with Crippen molar-refractivity contribution in [2.45, 2.75) is 49.7 Å². The van der Waals surface area contributed by atoms with Crippen LogP contribution in [-0.2, 0) is 19.7 Å². The Labute approximate surface area is 169 Å². The molecule has 2 aromatic carbocycles. The van der Waals surface area contributed by atoms with Crippen molar-refractivity contribution in [2.75, 3.05) is 11.9 Å². The molecule has 0 bridgehead atoms. The molecule has 0 radical (unpaired) electrons. The van der Waals surface area contributed by atoms with E-state index in [0.29, 0.717) is 17.2 Å². The molecule has 2 aliphatic carbocycles. The SMILES string of the molecule is O=C(COC(=O)C1(c2ccccc2)CC1)Nc1ccc2c(c1)OC1(CCCC1)O2. The van der Waals surface area contributed by atoms with Gasteiger partial charge in [-0.05, 0) is 43.4 Å². The van der Waals surface area contributed by atoms with Crippen LogP contribution in [0.1, 0.15) is 44.1 Å². The number of fused-ring (bicyclic) bond motifs is 1. The highest BCUT2D eigenvalue weighted by atomic mass is 16.7. The van der Waals surface area contributed by atoms with E-state index < -0.39 is 11.2 Å². The minimum Gasteiger partial charge on any atom is -0.455 e. The van der Waals surface area contributed by atoms with Gasteiger partial charge in [-0.2, -0.15) is 0 Å². The first-order valence-electron chi connectivity index (χ1n) is 10.1. The maximum Gasteiger partial charge on any atom is 0.317 e. The Morgan fingerprint density at radius 2 is 1.66 bits per heavy atom. The topological polar surface area (TPSA) is 73.9 Å². The van der Waals surface area contributed by atoms with Gasteiger partial charge in [0.15, 0.2) is 18.1 Å². The van der Waals surface area contributed by atoms with Crippen LogP contribution in [0, 0.1) is 0 Å².